The minimum Gasteiger partial charge on any atom is -0.462 e. The molecule has 5 heteroatoms. The number of allylic oxidation sites excluding steroid dienone is 1. The summed E-state index contributed by atoms with van der Waals surface area (Å²) in [5.74, 6) is 0.622. The minimum absolute atomic E-state index is 0.0394. The number of benzene rings is 1. The Labute approximate surface area is 190 Å². The molecule has 3 saturated carbocycles. The molecule has 0 amide bonds. The summed E-state index contributed by atoms with van der Waals surface area (Å²) in [5, 5.41) is 11.8. The van der Waals surface area contributed by atoms with Gasteiger partial charge in [-0.1, -0.05) is 31.2 Å². The Morgan fingerprint density at radius 1 is 1.00 bits per heavy atom. The molecule has 1 aromatic carbocycles. The summed E-state index contributed by atoms with van der Waals surface area (Å²) in [7, 11) is 0. The van der Waals surface area contributed by atoms with Crippen LogP contribution in [0.3, 0.4) is 0 Å². The van der Waals surface area contributed by atoms with Crippen molar-refractivity contribution >= 4 is 11.9 Å². The van der Waals surface area contributed by atoms with Gasteiger partial charge in [0, 0.05) is 18.8 Å². The first-order valence-electron chi connectivity index (χ1n) is 12.2. The highest BCUT2D eigenvalue weighted by Crippen LogP contribution is 2.63. The van der Waals surface area contributed by atoms with E-state index in [1.165, 1.54) is 6.92 Å². The maximum Gasteiger partial charge on any atom is 0.338 e. The Hall–Kier alpha value is -2.14. The molecular weight excluding hydrogens is 404 g/mol. The van der Waals surface area contributed by atoms with Crippen molar-refractivity contribution in [2.24, 2.45) is 23.2 Å². The maximum absolute atomic E-state index is 12.7. The molecule has 0 radical (unpaired) electrons. The predicted octanol–water partition coefficient (Wildman–Crippen LogP) is 4.83. The molecule has 7 atom stereocenters. The van der Waals surface area contributed by atoms with Gasteiger partial charge in [-0.15, -0.1) is 0 Å². The van der Waals surface area contributed by atoms with Crippen LogP contribution in [0.15, 0.2) is 42.0 Å². The van der Waals surface area contributed by atoms with E-state index in [0.29, 0.717) is 30.2 Å². The molecule has 0 heterocycles. The molecular formula is C27H34O5. The van der Waals surface area contributed by atoms with Gasteiger partial charge < -0.3 is 14.6 Å². The van der Waals surface area contributed by atoms with E-state index in [0.717, 1.165) is 44.1 Å². The molecule has 1 N–H and O–H groups in total. The Balaban J connectivity index is 1.33. The van der Waals surface area contributed by atoms with E-state index in [-0.39, 0.29) is 35.5 Å². The van der Waals surface area contributed by atoms with E-state index in [9.17, 15) is 14.7 Å². The summed E-state index contributed by atoms with van der Waals surface area (Å²) in [4.78, 5) is 24.1. The molecule has 172 valence electrons. The van der Waals surface area contributed by atoms with Crippen LogP contribution in [0.1, 0.15) is 75.6 Å². The highest BCUT2D eigenvalue weighted by molar-refractivity contribution is 5.89. The van der Waals surface area contributed by atoms with Crippen molar-refractivity contribution in [2.45, 2.75) is 83.0 Å². The molecule has 0 unspecified atom stereocenters. The standard InChI is InChI=1S/C27H34O5/c1-17(28)31-20-12-15-27(30)19(16-20)8-9-21-22-10-11-24(26(22,2)14-13-23(21)27)32-25(29)18-6-4-3-5-7-18/h3-8,20-24,30H,9-16H2,1-2H3/t20-,21-,22-,23-,24-,26-,27+/m0/s1. The zero-order chi connectivity index (χ0) is 22.5. The van der Waals surface area contributed by atoms with E-state index >= 15 is 0 Å². The third kappa shape index (κ3) is 3.49. The first-order valence-corrected chi connectivity index (χ1v) is 12.2. The predicted molar refractivity (Wildman–Crippen MR) is 120 cm³/mol. The van der Waals surface area contributed by atoms with Gasteiger partial charge in [0.15, 0.2) is 0 Å². The second-order valence-electron chi connectivity index (χ2n) is 10.6. The Bertz CT molecular complexity index is 923. The topological polar surface area (TPSA) is 72.8 Å². The molecule has 32 heavy (non-hydrogen) atoms. The molecule has 0 aliphatic heterocycles. The summed E-state index contributed by atoms with van der Waals surface area (Å²) >= 11 is 0. The molecule has 0 aromatic heterocycles. The monoisotopic (exact) mass is 438 g/mol. The third-order valence-electron chi connectivity index (χ3n) is 9.04. The lowest BCUT2D eigenvalue weighted by atomic mass is 9.51. The lowest BCUT2D eigenvalue weighted by molar-refractivity contribution is -0.152. The molecule has 5 rings (SSSR count). The number of hydrogen-bond acceptors (Lipinski definition) is 5. The number of carbonyl (C=O) groups excluding carboxylic acids is 2. The SMILES string of the molecule is CC(=O)O[C@H]1CC[C@@]2(O)C(=CC[C@H]3[C@@H]4CC[C@H](OC(=O)c5ccccc5)[C@@]4(C)CC[C@@H]32)C1. The van der Waals surface area contributed by atoms with Crippen LogP contribution in [-0.2, 0) is 14.3 Å². The van der Waals surface area contributed by atoms with Gasteiger partial charge in [0.1, 0.15) is 12.2 Å². The average Bonchev–Trinajstić information content (AvgIpc) is 3.10. The van der Waals surface area contributed by atoms with Crippen molar-refractivity contribution in [1.29, 1.82) is 0 Å². The quantitative estimate of drug-likeness (QED) is 0.540. The molecule has 0 bridgehead atoms. The van der Waals surface area contributed by atoms with Crippen LogP contribution >= 0.6 is 0 Å². The number of rotatable bonds is 3. The van der Waals surface area contributed by atoms with Crippen LogP contribution in [0.5, 0.6) is 0 Å². The second-order valence-corrected chi connectivity index (χ2v) is 10.6. The van der Waals surface area contributed by atoms with Crippen molar-refractivity contribution in [3.8, 4) is 0 Å². The maximum atomic E-state index is 12.7. The Kier molecular flexibility index (Phi) is 5.43. The van der Waals surface area contributed by atoms with Crippen LogP contribution in [0.4, 0.5) is 0 Å². The normalized spacial score (nSPS) is 40.3. The van der Waals surface area contributed by atoms with E-state index in [2.05, 4.69) is 13.0 Å². The van der Waals surface area contributed by atoms with Crippen LogP contribution < -0.4 is 0 Å². The van der Waals surface area contributed by atoms with Crippen molar-refractivity contribution in [2.75, 3.05) is 0 Å². The number of fused-ring (bicyclic) bond motifs is 5. The summed E-state index contributed by atoms with van der Waals surface area (Å²) < 4.78 is 11.5. The number of carbonyl (C=O) groups is 2. The van der Waals surface area contributed by atoms with Gasteiger partial charge in [0.05, 0.1) is 11.2 Å². The fourth-order valence-corrected chi connectivity index (χ4v) is 7.49. The van der Waals surface area contributed by atoms with E-state index in [4.69, 9.17) is 9.47 Å². The zero-order valence-electron chi connectivity index (χ0n) is 19.1. The van der Waals surface area contributed by atoms with E-state index in [1.807, 2.05) is 30.3 Å². The van der Waals surface area contributed by atoms with Gasteiger partial charge in [-0.2, -0.15) is 0 Å². The van der Waals surface area contributed by atoms with Gasteiger partial charge in [-0.25, -0.2) is 4.79 Å². The van der Waals surface area contributed by atoms with Crippen molar-refractivity contribution in [3.63, 3.8) is 0 Å². The van der Waals surface area contributed by atoms with Crippen LogP contribution in [0.2, 0.25) is 0 Å². The molecule has 3 fully saturated rings. The molecule has 5 nitrogen and oxygen atoms in total. The summed E-state index contributed by atoms with van der Waals surface area (Å²) in [6.45, 7) is 3.75. The van der Waals surface area contributed by atoms with Crippen molar-refractivity contribution in [3.05, 3.63) is 47.5 Å². The summed E-state index contributed by atoms with van der Waals surface area (Å²) in [5.41, 5.74) is 0.865. The average molecular weight is 439 g/mol. The largest absolute Gasteiger partial charge is 0.462 e. The van der Waals surface area contributed by atoms with E-state index < -0.39 is 5.60 Å². The fourth-order valence-electron chi connectivity index (χ4n) is 7.49. The van der Waals surface area contributed by atoms with Gasteiger partial charge in [0.2, 0.25) is 0 Å². The molecule has 0 spiro atoms. The van der Waals surface area contributed by atoms with Gasteiger partial charge in [-0.3, -0.25) is 4.79 Å². The Morgan fingerprint density at radius 3 is 2.53 bits per heavy atom. The fraction of sp³-hybridized carbons (Fsp3) is 0.630. The molecule has 1 aromatic rings. The van der Waals surface area contributed by atoms with Crippen LogP contribution in [-0.4, -0.2) is 34.9 Å². The van der Waals surface area contributed by atoms with Gasteiger partial charge >= 0.3 is 11.9 Å². The lowest BCUT2D eigenvalue weighted by Crippen LogP contribution is -2.56. The number of aliphatic hydroxyl groups is 1. The Morgan fingerprint density at radius 2 is 1.78 bits per heavy atom. The lowest BCUT2D eigenvalue weighted by Gasteiger charge is -2.56. The number of ether oxygens (including phenoxy) is 2. The van der Waals surface area contributed by atoms with Crippen molar-refractivity contribution in [1.82, 2.24) is 0 Å². The molecule has 0 saturated heterocycles. The highest BCUT2D eigenvalue weighted by atomic mass is 16.5. The van der Waals surface area contributed by atoms with Crippen LogP contribution in [0.25, 0.3) is 0 Å². The van der Waals surface area contributed by atoms with Crippen molar-refractivity contribution < 1.29 is 24.2 Å². The third-order valence-corrected chi connectivity index (χ3v) is 9.04. The smallest absolute Gasteiger partial charge is 0.338 e. The zero-order valence-corrected chi connectivity index (χ0v) is 19.1. The first-order chi connectivity index (χ1) is 15.3. The highest BCUT2D eigenvalue weighted by Gasteiger charge is 2.60. The van der Waals surface area contributed by atoms with Crippen LogP contribution in [0, 0.1) is 23.2 Å². The second kappa shape index (κ2) is 8.02. The number of esters is 2. The van der Waals surface area contributed by atoms with Gasteiger partial charge in [0.25, 0.3) is 0 Å². The first kappa shape index (κ1) is 21.7. The van der Waals surface area contributed by atoms with Gasteiger partial charge in [-0.05, 0) is 80.4 Å². The summed E-state index contributed by atoms with van der Waals surface area (Å²) in [6, 6.07) is 9.25. The summed E-state index contributed by atoms with van der Waals surface area (Å²) in [6.07, 6.45) is 8.88. The van der Waals surface area contributed by atoms with E-state index in [1.54, 1.807) is 0 Å². The molecule has 4 aliphatic carbocycles. The molecule has 4 aliphatic rings. The minimum atomic E-state index is -0.778. The number of hydrogen-bond donors (Lipinski definition) is 1.